The fourth-order valence-electron chi connectivity index (χ4n) is 2.55. The summed E-state index contributed by atoms with van der Waals surface area (Å²) in [5.41, 5.74) is 3.20. The number of hydrogen-bond acceptors (Lipinski definition) is 7. The van der Waals surface area contributed by atoms with Gasteiger partial charge in [-0.2, -0.15) is 10.1 Å². The summed E-state index contributed by atoms with van der Waals surface area (Å²) in [6.07, 6.45) is 1.61. The average molecular weight is 402 g/mol. The fourth-order valence-corrected chi connectivity index (χ4v) is 2.55. The number of carbonyl (C=O) groups is 1. The number of fused-ring (bicyclic) bond motifs is 1. The first-order valence-electron chi connectivity index (χ1n) is 8.58. The van der Waals surface area contributed by atoms with Crippen LogP contribution in [-0.2, 0) is 25.4 Å². The van der Waals surface area contributed by atoms with Gasteiger partial charge >= 0.3 is 5.69 Å². The quantitative estimate of drug-likeness (QED) is 0.401. The van der Waals surface area contributed by atoms with E-state index in [-0.39, 0.29) is 30.3 Å². The first-order valence-corrected chi connectivity index (χ1v) is 8.58. The van der Waals surface area contributed by atoms with Gasteiger partial charge in [-0.3, -0.25) is 18.7 Å². The van der Waals surface area contributed by atoms with E-state index in [1.165, 1.54) is 23.2 Å². The minimum Gasteiger partial charge on any atom is -0.481 e. The number of aliphatic hydroxyl groups excluding tert-OH is 1. The number of aryl methyl sites for hydroxylation is 1. The zero-order valence-electron chi connectivity index (χ0n) is 16.2. The number of nitrogens with zero attached hydrogens (tertiary/aromatic N) is 5. The summed E-state index contributed by atoms with van der Waals surface area (Å²) in [4.78, 5) is 37.8. The van der Waals surface area contributed by atoms with Gasteiger partial charge in [0.05, 0.1) is 12.8 Å². The summed E-state index contributed by atoms with van der Waals surface area (Å²) in [6.45, 7) is 1.04. The third-order valence-corrected chi connectivity index (χ3v) is 3.85. The van der Waals surface area contributed by atoms with Crippen molar-refractivity contribution in [3.05, 3.63) is 56.7 Å². The molecule has 0 aliphatic carbocycles. The maximum Gasteiger partial charge on any atom is 0.332 e. The molecule has 11 heteroatoms. The zero-order valence-corrected chi connectivity index (χ0v) is 16.2. The second kappa shape index (κ2) is 9.46. The van der Waals surface area contributed by atoms with Crippen molar-refractivity contribution in [1.29, 1.82) is 0 Å². The molecular formula is C18H22N6O5. The van der Waals surface area contributed by atoms with Crippen molar-refractivity contribution in [1.82, 2.24) is 18.7 Å². The van der Waals surface area contributed by atoms with E-state index in [4.69, 9.17) is 9.90 Å². The summed E-state index contributed by atoms with van der Waals surface area (Å²) in [6, 6.07) is 9.47. The number of hydrazone groups is 1. The highest BCUT2D eigenvalue weighted by Crippen LogP contribution is 2.15. The van der Waals surface area contributed by atoms with Gasteiger partial charge in [-0.15, -0.1) is 0 Å². The average Bonchev–Trinajstić information content (AvgIpc) is 3.04. The molecule has 0 unspecified atom stereocenters. The summed E-state index contributed by atoms with van der Waals surface area (Å²) in [5.74, 6) is -0.561. The number of imidazole rings is 1. The molecule has 0 amide bonds. The Labute approximate surface area is 165 Å². The molecule has 2 heterocycles. The van der Waals surface area contributed by atoms with Crippen LogP contribution >= 0.6 is 0 Å². The Kier molecular flexibility index (Phi) is 7.04. The van der Waals surface area contributed by atoms with Crippen LogP contribution in [0.25, 0.3) is 11.2 Å². The topological polar surface area (TPSA) is 144 Å². The van der Waals surface area contributed by atoms with Gasteiger partial charge in [0.15, 0.2) is 11.2 Å². The number of aliphatic carboxylic acids is 1. The number of carboxylic acids is 1. The lowest BCUT2D eigenvalue weighted by Gasteiger charge is -2.07. The number of hydrogen-bond donors (Lipinski definition) is 3. The smallest absolute Gasteiger partial charge is 0.332 e. The molecule has 29 heavy (non-hydrogen) atoms. The first kappa shape index (κ1) is 21.6. The van der Waals surface area contributed by atoms with Crippen molar-refractivity contribution in [2.45, 2.75) is 13.5 Å². The Bertz CT molecular complexity index is 1140. The van der Waals surface area contributed by atoms with Crippen molar-refractivity contribution in [3.63, 3.8) is 0 Å². The predicted molar refractivity (Wildman–Crippen MR) is 108 cm³/mol. The highest BCUT2D eigenvalue weighted by Gasteiger charge is 2.18. The molecule has 0 fully saturated rings. The molecule has 2 aromatic heterocycles. The molecular weight excluding hydrogens is 380 g/mol. The molecule has 0 aliphatic heterocycles. The van der Waals surface area contributed by atoms with Crippen LogP contribution < -0.4 is 16.7 Å². The van der Waals surface area contributed by atoms with Gasteiger partial charge in [-0.05, 0) is 5.56 Å². The Morgan fingerprint density at radius 3 is 2.41 bits per heavy atom. The van der Waals surface area contributed by atoms with Gasteiger partial charge in [-0.1, -0.05) is 30.3 Å². The van der Waals surface area contributed by atoms with Crippen LogP contribution in [0.4, 0.5) is 5.95 Å². The second-order valence-corrected chi connectivity index (χ2v) is 5.99. The van der Waals surface area contributed by atoms with Gasteiger partial charge < -0.3 is 14.8 Å². The monoisotopic (exact) mass is 402 g/mol. The number of aromatic nitrogens is 4. The number of anilines is 1. The van der Waals surface area contributed by atoms with Crippen molar-refractivity contribution >= 4 is 29.3 Å². The summed E-state index contributed by atoms with van der Waals surface area (Å²) >= 11 is 0. The van der Waals surface area contributed by atoms with E-state index >= 15 is 0 Å². The molecule has 3 aromatic rings. The Balaban J connectivity index is 0.000000687. The Morgan fingerprint density at radius 2 is 1.83 bits per heavy atom. The summed E-state index contributed by atoms with van der Waals surface area (Å²) in [7, 11) is 2.94. The highest BCUT2D eigenvalue weighted by molar-refractivity contribution is 5.80. The van der Waals surface area contributed by atoms with Gasteiger partial charge in [-0.25, -0.2) is 10.2 Å². The molecule has 0 atom stereocenters. The zero-order chi connectivity index (χ0) is 21.6. The molecule has 0 bridgehead atoms. The van der Waals surface area contributed by atoms with Crippen LogP contribution in [0.5, 0.6) is 0 Å². The highest BCUT2D eigenvalue weighted by atomic mass is 16.4. The number of nitrogens with one attached hydrogen (secondary N) is 1. The van der Waals surface area contributed by atoms with Gasteiger partial charge in [0.2, 0.25) is 5.95 Å². The Hall–Kier alpha value is -3.73. The molecule has 0 aliphatic rings. The number of benzene rings is 1. The largest absolute Gasteiger partial charge is 0.481 e. The summed E-state index contributed by atoms with van der Waals surface area (Å²) < 4.78 is 3.81. The van der Waals surface area contributed by atoms with Gasteiger partial charge in [0, 0.05) is 27.6 Å². The lowest BCUT2D eigenvalue weighted by atomic mass is 10.2. The molecule has 0 saturated carbocycles. The van der Waals surface area contributed by atoms with Crippen LogP contribution in [0.2, 0.25) is 0 Å². The molecule has 3 rings (SSSR count). The van der Waals surface area contributed by atoms with Crippen molar-refractivity contribution in [3.8, 4) is 0 Å². The van der Waals surface area contributed by atoms with E-state index in [0.29, 0.717) is 0 Å². The van der Waals surface area contributed by atoms with Crippen molar-refractivity contribution < 1.29 is 15.0 Å². The van der Waals surface area contributed by atoms with Crippen LogP contribution in [0.3, 0.4) is 0 Å². The minimum atomic E-state index is -0.833. The standard InChI is InChI=1S/C16H18N6O3.C2H4O2/c1-20-13-12(14(24)21(2)16(20)25)22(8-9-23)15(18-13)19-17-10-11-6-4-3-5-7-11;1-2(3)4/h3-7,10,23H,8-9H2,1-2H3,(H,18,19);1H3,(H,3,4). The number of rotatable bonds is 5. The molecule has 3 N–H and O–H groups in total. The van der Waals surface area contributed by atoms with Crippen LogP contribution in [0.1, 0.15) is 12.5 Å². The lowest BCUT2D eigenvalue weighted by Crippen LogP contribution is -2.37. The van der Waals surface area contributed by atoms with E-state index in [1.807, 2.05) is 30.3 Å². The van der Waals surface area contributed by atoms with E-state index < -0.39 is 17.2 Å². The van der Waals surface area contributed by atoms with E-state index in [1.54, 1.807) is 6.21 Å². The predicted octanol–water partition coefficient (Wildman–Crippen LogP) is -0.0371. The minimum absolute atomic E-state index is 0.146. The molecule has 154 valence electrons. The fraction of sp³-hybridized carbons (Fsp3) is 0.278. The maximum atomic E-state index is 12.4. The van der Waals surface area contributed by atoms with E-state index in [2.05, 4.69) is 15.5 Å². The SMILES string of the molecule is CC(=O)O.Cn1c(=O)c2c(nc(NN=Cc3ccccc3)n2CCO)n(C)c1=O. The second-order valence-electron chi connectivity index (χ2n) is 5.99. The van der Waals surface area contributed by atoms with Crippen LogP contribution in [0, 0.1) is 0 Å². The van der Waals surface area contributed by atoms with Crippen LogP contribution in [-0.4, -0.2) is 47.7 Å². The molecule has 0 radical (unpaired) electrons. The number of aliphatic hydroxyl groups is 1. The summed E-state index contributed by atoms with van der Waals surface area (Å²) in [5, 5.41) is 20.9. The molecule has 11 nitrogen and oxygen atoms in total. The molecule has 1 aromatic carbocycles. The first-order chi connectivity index (χ1) is 13.8. The molecule has 0 saturated heterocycles. The van der Waals surface area contributed by atoms with Crippen LogP contribution in [0.15, 0.2) is 45.0 Å². The Morgan fingerprint density at radius 1 is 1.21 bits per heavy atom. The number of carboxylic acid groups (broad SMARTS) is 1. The third-order valence-electron chi connectivity index (χ3n) is 3.85. The van der Waals surface area contributed by atoms with E-state index in [0.717, 1.165) is 17.1 Å². The normalized spacial score (nSPS) is 10.8. The third kappa shape index (κ3) is 4.96. The lowest BCUT2D eigenvalue weighted by molar-refractivity contribution is -0.134. The van der Waals surface area contributed by atoms with Crippen molar-refractivity contribution in [2.24, 2.45) is 19.2 Å². The van der Waals surface area contributed by atoms with Gasteiger partial charge in [0.1, 0.15) is 0 Å². The maximum absolute atomic E-state index is 12.4. The molecule has 0 spiro atoms. The van der Waals surface area contributed by atoms with E-state index in [9.17, 15) is 14.7 Å². The van der Waals surface area contributed by atoms with Crippen molar-refractivity contribution in [2.75, 3.05) is 12.0 Å². The van der Waals surface area contributed by atoms with Gasteiger partial charge in [0.25, 0.3) is 11.5 Å².